The molecule has 112 valence electrons. The van der Waals surface area contributed by atoms with Crippen LogP contribution in [0.4, 0.5) is 0 Å². The molecule has 1 aliphatic rings. The summed E-state index contributed by atoms with van der Waals surface area (Å²) in [5.41, 5.74) is 1.09. The summed E-state index contributed by atoms with van der Waals surface area (Å²) in [6, 6.07) is 5.88. The van der Waals surface area contributed by atoms with Crippen LogP contribution in [0.1, 0.15) is 44.6 Å². The highest BCUT2D eigenvalue weighted by atomic mass is 16.6. The highest BCUT2D eigenvalue weighted by Crippen LogP contribution is 2.34. The second kappa shape index (κ2) is 6.95. The fourth-order valence-electron chi connectivity index (χ4n) is 2.51. The van der Waals surface area contributed by atoms with E-state index in [9.17, 15) is 10.2 Å². The van der Waals surface area contributed by atoms with Crippen molar-refractivity contribution in [3.63, 3.8) is 0 Å². The number of hydrogen-bond acceptors (Lipinski definition) is 4. The lowest BCUT2D eigenvalue weighted by Gasteiger charge is -2.23. The topological polar surface area (TPSA) is 58.9 Å². The lowest BCUT2D eigenvalue weighted by molar-refractivity contribution is 0.00636. The van der Waals surface area contributed by atoms with Gasteiger partial charge in [-0.05, 0) is 36.5 Å². The first-order valence-corrected chi connectivity index (χ1v) is 7.37. The van der Waals surface area contributed by atoms with Crippen LogP contribution in [0.3, 0.4) is 0 Å². The molecule has 1 heterocycles. The Morgan fingerprint density at radius 1 is 1.10 bits per heavy atom. The summed E-state index contributed by atoms with van der Waals surface area (Å²) in [5.74, 6) is 1.70. The van der Waals surface area contributed by atoms with E-state index in [1.807, 2.05) is 32.0 Å². The van der Waals surface area contributed by atoms with Gasteiger partial charge in [0.1, 0.15) is 13.2 Å². The molecule has 4 nitrogen and oxygen atoms in total. The van der Waals surface area contributed by atoms with Crippen LogP contribution in [-0.2, 0) is 0 Å². The molecule has 3 unspecified atom stereocenters. The third-order valence-electron chi connectivity index (χ3n) is 3.76. The summed E-state index contributed by atoms with van der Waals surface area (Å²) in [6.45, 7) is 5.21. The molecule has 20 heavy (non-hydrogen) atoms. The van der Waals surface area contributed by atoms with Gasteiger partial charge in [0.25, 0.3) is 0 Å². The van der Waals surface area contributed by atoms with Crippen LogP contribution in [0.2, 0.25) is 0 Å². The van der Waals surface area contributed by atoms with Gasteiger partial charge in [-0.3, -0.25) is 0 Å². The molecule has 0 amide bonds. The smallest absolute Gasteiger partial charge is 0.161 e. The molecule has 3 atom stereocenters. The fraction of sp³-hybridized carbons (Fsp3) is 0.625. The van der Waals surface area contributed by atoms with Gasteiger partial charge in [-0.2, -0.15) is 0 Å². The molecule has 0 aromatic heterocycles. The minimum absolute atomic E-state index is 0.160. The maximum atomic E-state index is 10.0. The summed E-state index contributed by atoms with van der Waals surface area (Å²) in [5, 5.41) is 19.8. The van der Waals surface area contributed by atoms with Crippen molar-refractivity contribution in [1.82, 2.24) is 0 Å². The first kappa shape index (κ1) is 15.1. The zero-order valence-electron chi connectivity index (χ0n) is 12.2. The minimum atomic E-state index is -0.682. The van der Waals surface area contributed by atoms with E-state index in [0.717, 1.165) is 23.5 Å². The predicted octanol–water partition coefficient (Wildman–Crippen LogP) is 2.47. The Bertz CT molecular complexity index is 432. The Morgan fingerprint density at radius 2 is 1.80 bits per heavy atom. The van der Waals surface area contributed by atoms with Crippen molar-refractivity contribution in [3.8, 4) is 11.5 Å². The predicted molar refractivity (Wildman–Crippen MR) is 77.4 cm³/mol. The Morgan fingerprint density at radius 3 is 2.50 bits per heavy atom. The SMILES string of the molecule is CCCC(O)C(O)CC(C)c1ccc2c(c1)OCCO2. The number of ether oxygens (including phenoxy) is 2. The molecule has 0 fully saturated rings. The maximum absolute atomic E-state index is 10.0. The van der Waals surface area contributed by atoms with Crippen LogP contribution >= 0.6 is 0 Å². The average Bonchev–Trinajstić information content (AvgIpc) is 2.46. The second-order valence-corrected chi connectivity index (χ2v) is 5.46. The minimum Gasteiger partial charge on any atom is -0.486 e. The number of benzene rings is 1. The first-order chi connectivity index (χ1) is 9.61. The quantitative estimate of drug-likeness (QED) is 0.840. The molecular formula is C16H24O4. The monoisotopic (exact) mass is 280 g/mol. The van der Waals surface area contributed by atoms with Crippen LogP contribution in [0.15, 0.2) is 18.2 Å². The Hall–Kier alpha value is -1.26. The highest BCUT2D eigenvalue weighted by molar-refractivity contribution is 5.44. The van der Waals surface area contributed by atoms with E-state index in [4.69, 9.17) is 9.47 Å². The summed E-state index contributed by atoms with van der Waals surface area (Å²) in [6.07, 6.45) is 0.727. The van der Waals surface area contributed by atoms with Gasteiger partial charge >= 0.3 is 0 Å². The number of rotatable bonds is 6. The number of aliphatic hydroxyl groups excluding tert-OH is 2. The molecular weight excluding hydrogens is 256 g/mol. The summed E-state index contributed by atoms with van der Waals surface area (Å²) in [4.78, 5) is 0. The van der Waals surface area contributed by atoms with Crippen molar-refractivity contribution in [3.05, 3.63) is 23.8 Å². The molecule has 0 spiro atoms. The number of hydrogen-bond donors (Lipinski definition) is 2. The molecule has 0 radical (unpaired) electrons. The highest BCUT2D eigenvalue weighted by Gasteiger charge is 2.20. The Labute approximate surface area is 120 Å². The van der Waals surface area contributed by atoms with Gasteiger partial charge in [-0.25, -0.2) is 0 Å². The van der Waals surface area contributed by atoms with Crippen molar-refractivity contribution in [1.29, 1.82) is 0 Å². The summed E-state index contributed by atoms with van der Waals surface area (Å²) >= 11 is 0. The van der Waals surface area contributed by atoms with E-state index in [2.05, 4.69) is 0 Å². The van der Waals surface area contributed by atoms with Crippen molar-refractivity contribution in [2.45, 2.75) is 51.2 Å². The largest absolute Gasteiger partial charge is 0.486 e. The zero-order valence-corrected chi connectivity index (χ0v) is 12.2. The maximum Gasteiger partial charge on any atom is 0.161 e. The van der Waals surface area contributed by atoms with Crippen LogP contribution in [-0.4, -0.2) is 35.6 Å². The fourth-order valence-corrected chi connectivity index (χ4v) is 2.51. The van der Waals surface area contributed by atoms with E-state index in [1.165, 1.54) is 0 Å². The Kier molecular flexibility index (Phi) is 5.26. The number of aliphatic hydroxyl groups is 2. The standard InChI is InChI=1S/C16H24O4/c1-3-4-13(17)14(18)9-11(2)12-5-6-15-16(10-12)20-8-7-19-15/h5-6,10-11,13-14,17-18H,3-4,7-9H2,1-2H3. The van der Waals surface area contributed by atoms with Crippen molar-refractivity contribution >= 4 is 0 Å². The van der Waals surface area contributed by atoms with Crippen LogP contribution in [0, 0.1) is 0 Å². The normalized spacial score (nSPS) is 18.4. The summed E-state index contributed by atoms with van der Waals surface area (Å²) in [7, 11) is 0. The van der Waals surface area contributed by atoms with E-state index in [1.54, 1.807) is 0 Å². The van der Waals surface area contributed by atoms with Crippen molar-refractivity contribution < 1.29 is 19.7 Å². The lowest BCUT2D eigenvalue weighted by Crippen LogP contribution is -2.27. The zero-order chi connectivity index (χ0) is 14.5. The third-order valence-corrected chi connectivity index (χ3v) is 3.76. The van der Waals surface area contributed by atoms with Crippen LogP contribution in [0.5, 0.6) is 11.5 Å². The van der Waals surface area contributed by atoms with Gasteiger partial charge in [-0.1, -0.05) is 26.3 Å². The Balaban J connectivity index is 2.00. The summed E-state index contributed by atoms with van der Waals surface area (Å²) < 4.78 is 11.1. The lowest BCUT2D eigenvalue weighted by atomic mass is 9.92. The second-order valence-electron chi connectivity index (χ2n) is 5.46. The van der Waals surface area contributed by atoms with E-state index in [-0.39, 0.29) is 5.92 Å². The molecule has 0 saturated heterocycles. The molecule has 0 aliphatic carbocycles. The first-order valence-electron chi connectivity index (χ1n) is 7.37. The number of fused-ring (bicyclic) bond motifs is 1. The van der Waals surface area contributed by atoms with Crippen molar-refractivity contribution in [2.75, 3.05) is 13.2 Å². The van der Waals surface area contributed by atoms with Crippen molar-refractivity contribution in [2.24, 2.45) is 0 Å². The van der Waals surface area contributed by atoms with Gasteiger partial charge in [0.15, 0.2) is 11.5 Å². The van der Waals surface area contributed by atoms with E-state index >= 15 is 0 Å². The van der Waals surface area contributed by atoms with Gasteiger partial charge in [0.05, 0.1) is 12.2 Å². The average molecular weight is 280 g/mol. The molecule has 0 saturated carbocycles. The molecule has 2 rings (SSSR count). The molecule has 4 heteroatoms. The van der Waals surface area contributed by atoms with E-state index < -0.39 is 12.2 Å². The molecule has 1 aromatic rings. The third kappa shape index (κ3) is 3.64. The van der Waals surface area contributed by atoms with Gasteiger partial charge < -0.3 is 19.7 Å². The molecule has 2 N–H and O–H groups in total. The van der Waals surface area contributed by atoms with Crippen LogP contribution in [0.25, 0.3) is 0 Å². The van der Waals surface area contributed by atoms with E-state index in [0.29, 0.717) is 26.1 Å². The molecule has 1 aliphatic heterocycles. The molecule has 0 bridgehead atoms. The van der Waals surface area contributed by atoms with Crippen LogP contribution < -0.4 is 9.47 Å². The molecule has 1 aromatic carbocycles. The van der Waals surface area contributed by atoms with Gasteiger partial charge in [0.2, 0.25) is 0 Å². The van der Waals surface area contributed by atoms with Gasteiger partial charge in [0, 0.05) is 0 Å². The van der Waals surface area contributed by atoms with Gasteiger partial charge in [-0.15, -0.1) is 0 Å².